The Kier molecular flexibility index (Phi) is 4.28. The van der Waals surface area contributed by atoms with E-state index >= 15 is 0 Å². The fraction of sp³-hybridized carbons (Fsp3) is 0.111. The molecule has 80 valence electrons. The van der Waals surface area contributed by atoms with Crippen LogP contribution in [-0.4, -0.2) is 12.0 Å². The Morgan fingerprint density at radius 1 is 1.53 bits per heavy atom. The van der Waals surface area contributed by atoms with Gasteiger partial charge >= 0.3 is 0 Å². The summed E-state index contributed by atoms with van der Waals surface area (Å²) in [6.45, 7) is 0. The molecule has 0 fully saturated rings. The van der Waals surface area contributed by atoms with Gasteiger partial charge in [0.25, 0.3) is 5.69 Å². The van der Waals surface area contributed by atoms with E-state index < -0.39 is 4.92 Å². The second kappa shape index (κ2) is 5.27. The normalized spacial score (nSPS) is 9.53. The van der Waals surface area contributed by atoms with Crippen molar-refractivity contribution in [2.75, 3.05) is 7.11 Å². The summed E-state index contributed by atoms with van der Waals surface area (Å²) in [7, 11) is 1.51. The molecule has 0 aliphatic carbocycles. The van der Waals surface area contributed by atoms with E-state index in [0.717, 1.165) is 0 Å². The highest BCUT2D eigenvalue weighted by atomic mass is 79.9. The molecule has 15 heavy (non-hydrogen) atoms. The van der Waals surface area contributed by atoms with Crippen molar-refractivity contribution in [2.45, 2.75) is 0 Å². The molecule has 0 atom stereocenters. The standard InChI is InChI=1S/C9H7Br2NO3/c1-15-7-2-3-8(12(13)14)6(4-7)5-9(10)11/h2-5H,1H3. The van der Waals surface area contributed by atoms with Crippen LogP contribution in [0, 0.1) is 10.1 Å². The number of nitrogens with zero attached hydrogens (tertiary/aromatic N) is 1. The number of hydrogen-bond donors (Lipinski definition) is 0. The minimum atomic E-state index is -0.436. The largest absolute Gasteiger partial charge is 0.497 e. The summed E-state index contributed by atoms with van der Waals surface area (Å²) in [5.74, 6) is 0.577. The maximum Gasteiger partial charge on any atom is 0.276 e. The molecule has 1 aromatic rings. The van der Waals surface area contributed by atoms with Crippen LogP contribution in [0.2, 0.25) is 0 Å². The molecule has 0 saturated heterocycles. The highest BCUT2D eigenvalue weighted by Crippen LogP contribution is 2.28. The van der Waals surface area contributed by atoms with E-state index in [4.69, 9.17) is 4.74 Å². The van der Waals surface area contributed by atoms with Gasteiger partial charge in [0, 0.05) is 6.07 Å². The summed E-state index contributed by atoms with van der Waals surface area (Å²) in [6, 6.07) is 4.56. The van der Waals surface area contributed by atoms with Gasteiger partial charge in [0.15, 0.2) is 0 Å². The van der Waals surface area contributed by atoms with E-state index in [9.17, 15) is 10.1 Å². The Morgan fingerprint density at radius 2 is 2.20 bits per heavy atom. The monoisotopic (exact) mass is 335 g/mol. The van der Waals surface area contributed by atoms with Gasteiger partial charge in [-0.25, -0.2) is 0 Å². The molecule has 0 N–H and O–H groups in total. The van der Waals surface area contributed by atoms with Crippen LogP contribution < -0.4 is 4.74 Å². The number of methoxy groups -OCH3 is 1. The Labute approximate surface area is 103 Å². The molecule has 0 spiro atoms. The first-order chi connectivity index (χ1) is 7.04. The molecule has 0 bridgehead atoms. The summed E-state index contributed by atoms with van der Waals surface area (Å²) < 4.78 is 5.62. The van der Waals surface area contributed by atoms with E-state index in [2.05, 4.69) is 31.9 Å². The molecule has 1 rings (SSSR count). The number of ether oxygens (including phenoxy) is 1. The van der Waals surface area contributed by atoms with Gasteiger partial charge in [0.1, 0.15) is 5.75 Å². The van der Waals surface area contributed by atoms with Gasteiger partial charge < -0.3 is 4.74 Å². The molecule has 0 heterocycles. The van der Waals surface area contributed by atoms with Gasteiger partial charge in [0.2, 0.25) is 0 Å². The summed E-state index contributed by atoms with van der Waals surface area (Å²) >= 11 is 6.31. The smallest absolute Gasteiger partial charge is 0.276 e. The number of hydrogen-bond acceptors (Lipinski definition) is 3. The first-order valence-electron chi connectivity index (χ1n) is 3.89. The molecule has 0 aromatic heterocycles. The quantitative estimate of drug-likeness (QED) is 0.624. The van der Waals surface area contributed by atoms with Gasteiger partial charge in [-0.3, -0.25) is 10.1 Å². The first kappa shape index (κ1) is 12.2. The lowest BCUT2D eigenvalue weighted by Gasteiger charge is -2.02. The maximum absolute atomic E-state index is 10.7. The Hall–Kier alpha value is -0.880. The Morgan fingerprint density at radius 3 is 2.67 bits per heavy atom. The Balaban J connectivity index is 3.29. The van der Waals surface area contributed by atoms with E-state index in [0.29, 0.717) is 14.7 Å². The van der Waals surface area contributed by atoms with Crippen LogP contribution in [0.15, 0.2) is 21.6 Å². The molecule has 0 unspecified atom stereocenters. The molecule has 0 aliphatic heterocycles. The van der Waals surface area contributed by atoms with Crippen molar-refractivity contribution in [1.82, 2.24) is 0 Å². The zero-order valence-electron chi connectivity index (χ0n) is 7.74. The van der Waals surface area contributed by atoms with Crippen LogP contribution in [0.1, 0.15) is 5.56 Å². The van der Waals surface area contributed by atoms with E-state index in [1.54, 1.807) is 18.2 Å². The van der Waals surface area contributed by atoms with E-state index in [-0.39, 0.29) is 5.69 Å². The van der Waals surface area contributed by atoms with Crippen LogP contribution in [0.25, 0.3) is 6.08 Å². The van der Waals surface area contributed by atoms with Gasteiger partial charge in [0.05, 0.1) is 21.0 Å². The van der Waals surface area contributed by atoms with Gasteiger partial charge in [-0.2, -0.15) is 0 Å². The fourth-order valence-electron chi connectivity index (χ4n) is 1.06. The van der Waals surface area contributed by atoms with Crippen LogP contribution in [0.3, 0.4) is 0 Å². The summed E-state index contributed by atoms with van der Waals surface area (Å²) in [4.78, 5) is 10.3. The van der Waals surface area contributed by atoms with E-state index in [1.807, 2.05) is 0 Å². The van der Waals surface area contributed by atoms with Crippen molar-refractivity contribution in [1.29, 1.82) is 0 Å². The lowest BCUT2D eigenvalue weighted by atomic mass is 10.1. The predicted octanol–water partition coefficient (Wildman–Crippen LogP) is 3.69. The van der Waals surface area contributed by atoms with Crippen molar-refractivity contribution in [3.8, 4) is 5.75 Å². The molecular formula is C9H7Br2NO3. The van der Waals surface area contributed by atoms with Gasteiger partial charge in [-0.05, 0) is 50.1 Å². The predicted molar refractivity (Wildman–Crippen MR) is 65.5 cm³/mol. The van der Waals surface area contributed by atoms with Crippen molar-refractivity contribution in [3.63, 3.8) is 0 Å². The van der Waals surface area contributed by atoms with Crippen molar-refractivity contribution in [2.24, 2.45) is 0 Å². The highest BCUT2D eigenvalue weighted by molar-refractivity contribution is 9.28. The maximum atomic E-state index is 10.7. The molecule has 1 aromatic carbocycles. The number of nitro benzene ring substituents is 1. The average Bonchev–Trinajstić information content (AvgIpc) is 2.16. The third-order valence-corrected chi connectivity index (χ3v) is 2.15. The molecule has 6 heteroatoms. The fourth-order valence-corrected chi connectivity index (χ4v) is 1.55. The summed E-state index contributed by atoms with van der Waals surface area (Å²) in [5.41, 5.74) is 0.510. The van der Waals surface area contributed by atoms with Crippen LogP contribution >= 0.6 is 31.9 Å². The molecular weight excluding hydrogens is 330 g/mol. The number of benzene rings is 1. The number of halogens is 2. The summed E-state index contributed by atoms with van der Waals surface area (Å²) in [6.07, 6.45) is 1.60. The second-order valence-corrected chi connectivity index (χ2v) is 5.39. The molecule has 0 aliphatic rings. The molecule has 0 radical (unpaired) electrons. The third kappa shape index (κ3) is 3.32. The lowest BCUT2D eigenvalue weighted by molar-refractivity contribution is -0.385. The second-order valence-electron chi connectivity index (χ2n) is 2.62. The SMILES string of the molecule is COc1ccc([N+](=O)[O-])c(C=C(Br)Br)c1. The molecule has 0 amide bonds. The zero-order valence-corrected chi connectivity index (χ0v) is 10.9. The summed E-state index contributed by atoms with van der Waals surface area (Å²) in [5, 5.41) is 10.7. The average molecular weight is 337 g/mol. The lowest BCUT2D eigenvalue weighted by Crippen LogP contribution is -1.92. The Bertz CT molecular complexity index is 414. The minimum Gasteiger partial charge on any atom is -0.497 e. The van der Waals surface area contributed by atoms with Gasteiger partial charge in [-0.1, -0.05) is 0 Å². The third-order valence-electron chi connectivity index (χ3n) is 1.70. The molecule has 4 nitrogen and oxygen atoms in total. The van der Waals surface area contributed by atoms with E-state index in [1.165, 1.54) is 13.2 Å². The first-order valence-corrected chi connectivity index (χ1v) is 5.48. The number of nitro groups is 1. The highest BCUT2D eigenvalue weighted by Gasteiger charge is 2.12. The zero-order chi connectivity index (χ0) is 11.4. The van der Waals surface area contributed by atoms with Crippen LogP contribution in [0.5, 0.6) is 5.75 Å². The van der Waals surface area contributed by atoms with Crippen LogP contribution in [-0.2, 0) is 0 Å². The number of rotatable bonds is 3. The molecule has 0 saturated carbocycles. The minimum absolute atomic E-state index is 0.0344. The topological polar surface area (TPSA) is 52.4 Å². The van der Waals surface area contributed by atoms with Crippen molar-refractivity contribution in [3.05, 3.63) is 37.3 Å². The van der Waals surface area contributed by atoms with Crippen molar-refractivity contribution < 1.29 is 9.66 Å². The van der Waals surface area contributed by atoms with Crippen LogP contribution in [0.4, 0.5) is 5.69 Å². The van der Waals surface area contributed by atoms with Gasteiger partial charge in [-0.15, -0.1) is 0 Å². The van der Waals surface area contributed by atoms with Crippen molar-refractivity contribution >= 4 is 43.6 Å².